The summed E-state index contributed by atoms with van der Waals surface area (Å²) in [6, 6.07) is 12.6. The second kappa shape index (κ2) is 19.1. The van der Waals surface area contributed by atoms with Gasteiger partial charge in [0.05, 0.1) is 11.4 Å². The highest BCUT2D eigenvalue weighted by Crippen LogP contribution is 2.27. The number of carboxylic acids is 1. The van der Waals surface area contributed by atoms with Crippen molar-refractivity contribution < 1.29 is 23.1 Å². The summed E-state index contributed by atoms with van der Waals surface area (Å²) in [5, 5.41) is 9.90. The van der Waals surface area contributed by atoms with Gasteiger partial charge < -0.3 is 10.0 Å². The van der Waals surface area contributed by atoms with Crippen molar-refractivity contribution in [3.8, 4) is 11.1 Å². The second-order valence-corrected chi connectivity index (χ2v) is 14.5. The molecule has 0 bridgehead atoms. The molecule has 0 aliphatic carbocycles. The van der Waals surface area contributed by atoms with Crippen LogP contribution >= 0.6 is 15.9 Å². The van der Waals surface area contributed by atoms with Crippen LogP contribution < -0.4 is 0 Å². The summed E-state index contributed by atoms with van der Waals surface area (Å²) < 4.78 is 28.7. The maximum atomic E-state index is 13.4. The van der Waals surface area contributed by atoms with E-state index < -0.39 is 28.6 Å². The van der Waals surface area contributed by atoms with E-state index in [1.807, 2.05) is 24.3 Å². The van der Waals surface area contributed by atoms with Gasteiger partial charge in [0.25, 0.3) is 0 Å². The lowest BCUT2D eigenvalue weighted by Gasteiger charge is -2.38. The van der Waals surface area contributed by atoms with Crippen LogP contribution in [0.25, 0.3) is 11.1 Å². The fraction of sp³-hybridized carbons (Fsp3) is 0.543. The van der Waals surface area contributed by atoms with Crippen molar-refractivity contribution in [3.05, 3.63) is 65.2 Å². The second-order valence-electron chi connectivity index (χ2n) is 11.7. The molecule has 1 aliphatic heterocycles. The molecule has 1 unspecified atom stereocenters. The standard InChI is InChI=1S/C35H49BrN2O5S/c1-2-3-4-5-6-7-8-9-10-11-12-13-14-15-16-17-26-37-27-33(35(40)41)38(28-34(37)39)44(42,43)32-24-20-30(21-25-32)29-18-22-31(36)23-19-29/h9-10,18-25,33H,2-8,11-17,26-28H2,1H3,(H,40,41). The molecular formula is C35H49BrN2O5S. The van der Waals surface area contributed by atoms with Crippen molar-refractivity contribution in [2.24, 2.45) is 0 Å². The SMILES string of the molecule is CCCCCCCCC=CCCCCCCCCN1CC(C(=O)O)N(S(=O)(=O)c2ccc(-c3ccc(Br)cc3)cc2)CC1=O. The number of hydrogen-bond acceptors (Lipinski definition) is 4. The zero-order chi connectivity index (χ0) is 31.8. The van der Waals surface area contributed by atoms with Crippen LogP contribution in [0.15, 0.2) is 70.1 Å². The van der Waals surface area contributed by atoms with E-state index in [1.165, 1.54) is 74.8 Å². The molecule has 1 fully saturated rings. The molecule has 1 aliphatic rings. The third kappa shape index (κ3) is 11.5. The van der Waals surface area contributed by atoms with E-state index >= 15 is 0 Å². The number of halogens is 1. The first kappa shape index (κ1) is 36.0. The minimum Gasteiger partial charge on any atom is -0.480 e. The van der Waals surface area contributed by atoms with E-state index in [1.54, 1.807) is 12.1 Å². The van der Waals surface area contributed by atoms with Gasteiger partial charge >= 0.3 is 5.97 Å². The Morgan fingerprint density at radius 3 is 1.86 bits per heavy atom. The predicted molar refractivity (Wildman–Crippen MR) is 181 cm³/mol. The van der Waals surface area contributed by atoms with Crippen LogP contribution in [-0.4, -0.2) is 60.3 Å². The van der Waals surface area contributed by atoms with Gasteiger partial charge in [-0.1, -0.05) is 117 Å². The lowest BCUT2D eigenvalue weighted by Crippen LogP contribution is -2.60. The topological polar surface area (TPSA) is 95.0 Å². The number of rotatable bonds is 20. The molecule has 7 nitrogen and oxygen atoms in total. The number of amides is 1. The van der Waals surface area contributed by atoms with Crippen LogP contribution in [0.3, 0.4) is 0 Å². The monoisotopic (exact) mass is 688 g/mol. The minimum absolute atomic E-state index is 0.0286. The van der Waals surface area contributed by atoms with E-state index in [-0.39, 0.29) is 17.3 Å². The number of carboxylic acid groups (broad SMARTS) is 1. The molecule has 2 aromatic carbocycles. The minimum atomic E-state index is -4.18. The molecule has 1 N–H and O–H groups in total. The number of carbonyl (C=O) groups excluding carboxylic acids is 1. The molecule has 44 heavy (non-hydrogen) atoms. The molecule has 3 rings (SSSR count). The van der Waals surface area contributed by atoms with Crippen molar-refractivity contribution in [2.75, 3.05) is 19.6 Å². The number of nitrogens with zero attached hydrogens (tertiary/aromatic N) is 2. The Bertz CT molecular complexity index is 1300. The number of hydrogen-bond donors (Lipinski definition) is 1. The highest BCUT2D eigenvalue weighted by Gasteiger charge is 2.43. The molecule has 9 heteroatoms. The lowest BCUT2D eigenvalue weighted by atomic mass is 10.1. The lowest BCUT2D eigenvalue weighted by molar-refractivity contribution is -0.148. The molecule has 0 saturated carbocycles. The normalized spacial score (nSPS) is 16.2. The summed E-state index contributed by atoms with van der Waals surface area (Å²) in [4.78, 5) is 26.5. The average molecular weight is 690 g/mol. The van der Waals surface area contributed by atoms with Gasteiger partial charge in [0.15, 0.2) is 0 Å². The number of sulfonamides is 1. The highest BCUT2D eigenvalue weighted by molar-refractivity contribution is 9.10. The summed E-state index contributed by atoms with van der Waals surface area (Å²) in [5.41, 5.74) is 1.76. The summed E-state index contributed by atoms with van der Waals surface area (Å²) in [6.45, 7) is 2.08. The molecule has 1 saturated heterocycles. The van der Waals surface area contributed by atoms with Crippen molar-refractivity contribution in [1.82, 2.24) is 9.21 Å². The number of unbranched alkanes of at least 4 members (excludes halogenated alkanes) is 12. The van der Waals surface area contributed by atoms with E-state index in [4.69, 9.17) is 0 Å². The zero-order valence-electron chi connectivity index (χ0n) is 26.1. The Labute approximate surface area is 272 Å². The van der Waals surface area contributed by atoms with Crippen LogP contribution in [-0.2, 0) is 19.6 Å². The number of piperazine rings is 1. The van der Waals surface area contributed by atoms with Crippen molar-refractivity contribution >= 4 is 37.8 Å². The number of carbonyl (C=O) groups is 2. The largest absolute Gasteiger partial charge is 0.480 e. The maximum Gasteiger partial charge on any atom is 0.323 e. The first-order chi connectivity index (χ1) is 21.2. The van der Waals surface area contributed by atoms with Gasteiger partial charge in [0.2, 0.25) is 15.9 Å². The van der Waals surface area contributed by atoms with Gasteiger partial charge in [0.1, 0.15) is 6.04 Å². The third-order valence-corrected chi connectivity index (χ3v) is 10.6. The maximum absolute atomic E-state index is 13.4. The first-order valence-corrected chi connectivity index (χ1v) is 18.5. The predicted octanol–water partition coefficient (Wildman–Crippen LogP) is 8.44. The van der Waals surface area contributed by atoms with Crippen LogP contribution in [0.2, 0.25) is 0 Å². The Balaban J connectivity index is 1.38. The Hall–Kier alpha value is -2.49. The van der Waals surface area contributed by atoms with Gasteiger partial charge in [-0.15, -0.1) is 0 Å². The van der Waals surface area contributed by atoms with E-state index in [0.717, 1.165) is 52.0 Å². The molecule has 0 radical (unpaired) electrons. The number of aliphatic carboxylic acids is 1. The van der Waals surface area contributed by atoms with Crippen molar-refractivity contribution in [2.45, 2.75) is 108 Å². The molecule has 1 amide bonds. The van der Waals surface area contributed by atoms with Crippen molar-refractivity contribution in [3.63, 3.8) is 0 Å². The molecule has 1 atom stereocenters. The summed E-state index contributed by atoms with van der Waals surface area (Å²) >= 11 is 3.40. The van der Waals surface area contributed by atoms with Gasteiger partial charge in [-0.2, -0.15) is 4.31 Å². The summed E-state index contributed by atoms with van der Waals surface area (Å²) in [7, 11) is -4.18. The molecule has 242 valence electrons. The molecular weight excluding hydrogens is 640 g/mol. The summed E-state index contributed by atoms with van der Waals surface area (Å²) in [6.07, 6.45) is 21.3. The first-order valence-electron chi connectivity index (χ1n) is 16.3. The Morgan fingerprint density at radius 2 is 1.32 bits per heavy atom. The third-order valence-electron chi connectivity index (χ3n) is 8.25. The van der Waals surface area contributed by atoms with E-state index in [9.17, 15) is 23.1 Å². The van der Waals surface area contributed by atoms with Crippen LogP contribution in [0.1, 0.15) is 96.8 Å². The average Bonchev–Trinajstić information content (AvgIpc) is 3.01. The summed E-state index contributed by atoms with van der Waals surface area (Å²) in [5.74, 6) is -1.61. The van der Waals surface area contributed by atoms with E-state index in [0.29, 0.717) is 6.54 Å². The molecule has 1 heterocycles. The van der Waals surface area contributed by atoms with Crippen molar-refractivity contribution in [1.29, 1.82) is 0 Å². The molecule has 0 spiro atoms. The fourth-order valence-electron chi connectivity index (χ4n) is 5.56. The van der Waals surface area contributed by atoms with Gasteiger partial charge in [-0.3, -0.25) is 9.59 Å². The van der Waals surface area contributed by atoms with Gasteiger partial charge in [-0.25, -0.2) is 8.42 Å². The highest BCUT2D eigenvalue weighted by atomic mass is 79.9. The van der Waals surface area contributed by atoms with E-state index in [2.05, 4.69) is 35.0 Å². The van der Waals surface area contributed by atoms with Crippen LogP contribution in [0, 0.1) is 0 Å². The zero-order valence-corrected chi connectivity index (χ0v) is 28.5. The smallest absolute Gasteiger partial charge is 0.323 e. The van der Waals surface area contributed by atoms with Gasteiger partial charge in [-0.05, 0) is 67.5 Å². The Morgan fingerprint density at radius 1 is 0.818 bits per heavy atom. The molecule has 0 aromatic heterocycles. The Kier molecular flexibility index (Phi) is 15.6. The quantitative estimate of drug-likeness (QED) is 0.111. The number of allylic oxidation sites excluding steroid dienone is 2. The fourth-order valence-corrected chi connectivity index (χ4v) is 7.35. The van der Waals surface area contributed by atoms with Crippen LogP contribution in [0.4, 0.5) is 0 Å². The van der Waals surface area contributed by atoms with Gasteiger partial charge in [0, 0.05) is 17.6 Å². The van der Waals surface area contributed by atoms with Crippen LogP contribution in [0.5, 0.6) is 0 Å². The molecule has 2 aromatic rings. The number of benzene rings is 2.